The molecule has 0 aliphatic heterocycles. The van der Waals surface area contributed by atoms with Crippen molar-refractivity contribution in [2.24, 2.45) is 11.8 Å². The summed E-state index contributed by atoms with van der Waals surface area (Å²) in [5.74, 6) is 1.81. The minimum atomic E-state index is 0. The topological polar surface area (TPSA) is 0 Å². The fourth-order valence-corrected chi connectivity index (χ4v) is 1.52. The lowest BCUT2D eigenvalue weighted by Gasteiger charge is -2.23. The molecule has 0 radical (unpaired) electrons. The second kappa shape index (κ2) is 4.54. The lowest BCUT2D eigenvalue weighted by Crippen LogP contribution is -2.09. The lowest BCUT2D eigenvalue weighted by molar-refractivity contribution is 0.331. The van der Waals surface area contributed by atoms with Crippen molar-refractivity contribution in [2.75, 3.05) is 0 Å². The summed E-state index contributed by atoms with van der Waals surface area (Å²) < 4.78 is 0. The number of hydrogen-bond acceptors (Lipinski definition) is 0. The van der Waals surface area contributed by atoms with Crippen LogP contribution in [0.15, 0.2) is 12.7 Å². The van der Waals surface area contributed by atoms with E-state index in [1.807, 2.05) is 0 Å². The van der Waals surface area contributed by atoms with Crippen molar-refractivity contribution in [1.29, 1.82) is 0 Å². The zero-order chi connectivity index (χ0) is 6.69. The summed E-state index contributed by atoms with van der Waals surface area (Å²) >= 11 is 0. The van der Waals surface area contributed by atoms with E-state index in [1.165, 1.54) is 25.7 Å². The van der Waals surface area contributed by atoms with Crippen LogP contribution in [0.2, 0.25) is 0 Å². The van der Waals surface area contributed by atoms with E-state index in [1.54, 1.807) is 0 Å². The predicted octanol–water partition coefficient (Wildman–Crippen LogP) is 3.88. The van der Waals surface area contributed by atoms with Gasteiger partial charge in [0.15, 0.2) is 0 Å². The van der Waals surface area contributed by atoms with Crippen LogP contribution >= 0.6 is 0 Å². The van der Waals surface area contributed by atoms with E-state index in [9.17, 15) is 0 Å². The third kappa shape index (κ3) is 2.55. The van der Waals surface area contributed by atoms with Crippen LogP contribution in [0.5, 0.6) is 0 Å². The highest BCUT2D eigenvalue weighted by molar-refractivity contribution is 4.82. The maximum atomic E-state index is 3.81. The Bertz CT molecular complexity index is 91.0. The van der Waals surface area contributed by atoms with Gasteiger partial charge in [0.2, 0.25) is 0 Å². The van der Waals surface area contributed by atoms with Crippen molar-refractivity contribution in [1.82, 2.24) is 0 Å². The van der Waals surface area contributed by atoms with Gasteiger partial charge in [0.05, 0.1) is 0 Å². The molecule has 1 rings (SSSR count). The average molecular weight is 142 g/mol. The van der Waals surface area contributed by atoms with E-state index in [0.29, 0.717) is 0 Å². The summed E-state index contributed by atoms with van der Waals surface area (Å²) in [4.78, 5) is 0. The number of allylic oxidation sites excluding steroid dienone is 1. The van der Waals surface area contributed by atoms with Crippen molar-refractivity contribution < 1.29 is 1.43 Å². The Kier molecular flexibility index (Phi) is 4.42. The molecule has 0 unspecified atom stereocenters. The smallest absolute Gasteiger partial charge is 0 e. The fraction of sp³-hybridized carbons (Fsp3) is 0.800. The van der Waals surface area contributed by atoms with Gasteiger partial charge >= 0.3 is 0 Å². The Morgan fingerprint density at radius 2 is 1.80 bits per heavy atom. The predicted molar refractivity (Wildman–Crippen MR) is 50.2 cm³/mol. The molecule has 1 fully saturated rings. The van der Waals surface area contributed by atoms with E-state index in [0.717, 1.165) is 11.8 Å². The maximum Gasteiger partial charge on any atom is 0 e. The number of hydrogen-bond donors (Lipinski definition) is 0. The van der Waals surface area contributed by atoms with Gasteiger partial charge in [0, 0.05) is 1.43 Å². The molecule has 0 N–H and O–H groups in total. The van der Waals surface area contributed by atoms with Crippen molar-refractivity contribution >= 4 is 0 Å². The SMILES string of the molecule is C.C=CC1CCC(C)CC1.[HH]. The van der Waals surface area contributed by atoms with Crippen LogP contribution in [0.4, 0.5) is 0 Å². The zero-order valence-electron chi connectivity index (χ0n) is 6.27. The van der Waals surface area contributed by atoms with Crippen molar-refractivity contribution in [3.63, 3.8) is 0 Å². The van der Waals surface area contributed by atoms with Crippen LogP contribution in [0.1, 0.15) is 41.5 Å². The molecule has 1 aliphatic carbocycles. The first-order valence-corrected chi connectivity index (χ1v) is 3.95. The van der Waals surface area contributed by atoms with E-state index in [2.05, 4.69) is 19.6 Å². The monoisotopic (exact) mass is 142 g/mol. The summed E-state index contributed by atoms with van der Waals surface area (Å²) in [7, 11) is 0. The fourth-order valence-electron chi connectivity index (χ4n) is 1.52. The van der Waals surface area contributed by atoms with Crippen molar-refractivity contribution in [2.45, 2.75) is 40.0 Å². The van der Waals surface area contributed by atoms with Crippen LogP contribution in [0.3, 0.4) is 0 Å². The van der Waals surface area contributed by atoms with Gasteiger partial charge in [0.25, 0.3) is 0 Å². The van der Waals surface area contributed by atoms with Crippen molar-refractivity contribution in [3.05, 3.63) is 12.7 Å². The molecule has 0 bridgehead atoms. The van der Waals surface area contributed by atoms with Gasteiger partial charge in [-0.25, -0.2) is 0 Å². The van der Waals surface area contributed by atoms with E-state index < -0.39 is 0 Å². The van der Waals surface area contributed by atoms with E-state index >= 15 is 0 Å². The molecule has 0 atom stereocenters. The molecule has 10 heavy (non-hydrogen) atoms. The van der Waals surface area contributed by atoms with Gasteiger partial charge in [0.1, 0.15) is 0 Å². The largest absolute Gasteiger partial charge is 0.103 e. The molecule has 62 valence electrons. The minimum Gasteiger partial charge on any atom is -0.103 e. The molecule has 0 aromatic rings. The molecule has 0 saturated heterocycles. The van der Waals surface area contributed by atoms with Gasteiger partial charge in [-0.2, -0.15) is 0 Å². The molecule has 0 heterocycles. The Morgan fingerprint density at radius 3 is 2.20 bits per heavy atom. The van der Waals surface area contributed by atoms with Crippen LogP contribution in [-0.2, 0) is 0 Å². The first-order valence-electron chi connectivity index (χ1n) is 3.95. The van der Waals surface area contributed by atoms with Gasteiger partial charge < -0.3 is 0 Å². The Morgan fingerprint density at radius 1 is 1.30 bits per heavy atom. The van der Waals surface area contributed by atoms with Gasteiger partial charge in [-0.05, 0) is 24.7 Å². The maximum absolute atomic E-state index is 3.81. The normalized spacial score (nSPS) is 32.5. The minimum absolute atomic E-state index is 0. The van der Waals surface area contributed by atoms with Crippen LogP contribution in [0.25, 0.3) is 0 Å². The van der Waals surface area contributed by atoms with Gasteiger partial charge in [-0.1, -0.05) is 33.3 Å². The highest BCUT2D eigenvalue weighted by atomic mass is 14.2. The highest BCUT2D eigenvalue weighted by Crippen LogP contribution is 2.28. The third-order valence-electron chi connectivity index (χ3n) is 2.39. The Balaban J connectivity index is 0. The molecule has 1 saturated carbocycles. The van der Waals surface area contributed by atoms with E-state index in [-0.39, 0.29) is 8.85 Å². The molecule has 0 aromatic carbocycles. The number of rotatable bonds is 1. The highest BCUT2D eigenvalue weighted by Gasteiger charge is 2.14. The van der Waals surface area contributed by atoms with Crippen LogP contribution in [0, 0.1) is 11.8 Å². The van der Waals surface area contributed by atoms with Gasteiger partial charge in [-0.3, -0.25) is 0 Å². The van der Waals surface area contributed by atoms with E-state index in [4.69, 9.17) is 0 Å². The Labute approximate surface area is 66.8 Å². The van der Waals surface area contributed by atoms with Crippen molar-refractivity contribution in [3.8, 4) is 0 Å². The molecule has 0 heteroatoms. The standard InChI is InChI=1S/C9H16.CH4.H2/c1-3-9-6-4-8(2)5-7-9;;/h3,8-9H,1,4-7H2,2H3;1H4;1H. The molecule has 1 aliphatic rings. The second-order valence-electron chi connectivity index (χ2n) is 3.26. The van der Waals surface area contributed by atoms with Gasteiger partial charge in [-0.15, -0.1) is 6.58 Å². The first kappa shape index (κ1) is 9.74. The second-order valence-corrected chi connectivity index (χ2v) is 3.26. The molecule has 0 spiro atoms. The molecular formula is C10H22. The molecule has 0 aromatic heterocycles. The van der Waals surface area contributed by atoms with Crippen LogP contribution in [-0.4, -0.2) is 0 Å². The summed E-state index contributed by atoms with van der Waals surface area (Å²) in [5, 5.41) is 0. The Hall–Kier alpha value is -0.260. The summed E-state index contributed by atoms with van der Waals surface area (Å²) in [6.07, 6.45) is 7.70. The first-order chi connectivity index (χ1) is 4.33. The lowest BCUT2D eigenvalue weighted by atomic mass is 9.83. The zero-order valence-corrected chi connectivity index (χ0v) is 6.27. The van der Waals surface area contributed by atoms with Crippen LogP contribution < -0.4 is 0 Å². The average Bonchev–Trinajstić information content (AvgIpc) is 1.90. The third-order valence-corrected chi connectivity index (χ3v) is 2.39. The quantitative estimate of drug-likeness (QED) is 0.487. The molecule has 0 amide bonds. The summed E-state index contributed by atoms with van der Waals surface area (Å²) in [6.45, 7) is 6.16. The summed E-state index contributed by atoms with van der Waals surface area (Å²) in [5.41, 5.74) is 0. The molecular weight excluding hydrogens is 120 g/mol. The summed E-state index contributed by atoms with van der Waals surface area (Å²) in [6, 6.07) is 0. The molecule has 0 nitrogen and oxygen atoms in total.